The Hall–Kier alpha value is -3.51. The molecule has 0 aliphatic rings. The fourth-order valence-electron chi connectivity index (χ4n) is 2.37. The lowest BCUT2D eigenvalue weighted by Crippen LogP contribution is -2.31. The number of amides is 2. The Balaban J connectivity index is 1.69. The first kappa shape index (κ1) is 23.2. The minimum atomic E-state index is -3.91. The number of carbonyl (C=O) groups is 1. The van der Waals surface area contributed by atoms with Gasteiger partial charge in [0.15, 0.2) is 5.13 Å². The monoisotopic (exact) mass is 477 g/mol. The molecule has 0 radical (unpaired) electrons. The summed E-state index contributed by atoms with van der Waals surface area (Å²) in [6.07, 6.45) is 2.59. The van der Waals surface area contributed by atoms with Gasteiger partial charge in [0.25, 0.3) is 10.0 Å². The van der Waals surface area contributed by atoms with Gasteiger partial charge in [-0.05, 0) is 30.3 Å². The van der Waals surface area contributed by atoms with Crippen molar-refractivity contribution in [1.82, 2.24) is 9.88 Å². The van der Waals surface area contributed by atoms with Crippen LogP contribution in [0.25, 0.3) is 0 Å². The van der Waals surface area contributed by atoms with Gasteiger partial charge in [0.1, 0.15) is 17.9 Å². The molecule has 3 aromatic rings. The van der Waals surface area contributed by atoms with Gasteiger partial charge in [0.2, 0.25) is 5.06 Å². The van der Waals surface area contributed by atoms with Gasteiger partial charge in [0, 0.05) is 32.9 Å². The quantitative estimate of drug-likeness (QED) is 0.407. The third-order valence-corrected chi connectivity index (χ3v) is 5.95. The largest absolute Gasteiger partial charge is 0.445 e. The van der Waals surface area contributed by atoms with E-state index in [1.165, 1.54) is 65.8 Å². The number of nitrogens with zero attached hydrogens (tertiary/aromatic N) is 4. The fourth-order valence-corrected chi connectivity index (χ4v) is 4.01. The van der Waals surface area contributed by atoms with Crippen LogP contribution in [0.5, 0.6) is 10.8 Å². The Morgan fingerprint density at radius 3 is 2.66 bits per heavy atom. The van der Waals surface area contributed by atoms with Crippen LogP contribution >= 0.6 is 11.3 Å². The number of hydrogen-bond donors (Lipinski definition) is 1. The van der Waals surface area contributed by atoms with Gasteiger partial charge in [0.05, 0.1) is 11.1 Å². The number of ether oxygens (including phenoxy) is 1. The number of hydrogen-bond acceptors (Lipinski definition) is 6. The maximum absolute atomic E-state index is 13.3. The molecule has 1 aromatic heterocycles. The maximum atomic E-state index is 13.3. The highest BCUT2D eigenvalue weighted by Crippen LogP contribution is 2.31. The van der Waals surface area contributed by atoms with E-state index in [4.69, 9.17) is 4.74 Å². The number of rotatable bonds is 7. The van der Waals surface area contributed by atoms with Crippen molar-refractivity contribution in [3.63, 3.8) is 0 Å². The van der Waals surface area contributed by atoms with Crippen LogP contribution < -0.4 is 15.0 Å². The van der Waals surface area contributed by atoms with E-state index in [-0.39, 0.29) is 10.0 Å². The van der Waals surface area contributed by atoms with E-state index >= 15 is 0 Å². The normalized spacial score (nSPS) is 11.4. The van der Waals surface area contributed by atoms with Crippen molar-refractivity contribution in [3.05, 3.63) is 60.5 Å². The zero-order valence-corrected chi connectivity index (χ0v) is 19.0. The Bertz CT molecular complexity index is 1240. The average Bonchev–Trinajstić information content (AvgIpc) is 3.18. The molecule has 0 bridgehead atoms. The van der Waals surface area contributed by atoms with Crippen LogP contribution in [-0.2, 0) is 10.0 Å². The summed E-state index contributed by atoms with van der Waals surface area (Å²) in [6, 6.07) is 11.0. The van der Waals surface area contributed by atoms with Gasteiger partial charge >= 0.3 is 6.03 Å². The second-order valence-electron chi connectivity index (χ2n) is 6.69. The summed E-state index contributed by atoms with van der Waals surface area (Å²) in [5.74, 6) is -0.127. The summed E-state index contributed by atoms with van der Waals surface area (Å²) in [6.45, 7) is 0. The second-order valence-corrected chi connectivity index (χ2v) is 9.32. The van der Waals surface area contributed by atoms with Crippen molar-refractivity contribution in [3.8, 4) is 10.8 Å². The lowest BCUT2D eigenvalue weighted by atomic mass is 10.3. The highest BCUT2D eigenvalue weighted by molar-refractivity contribution is 7.90. The average molecular weight is 478 g/mol. The number of benzene rings is 2. The number of urea groups is 1. The van der Waals surface area contributed by atoms with Gasteiger partial charge in [-0.3, -0.25) is 10.2 Å². The van der Waals surface area contributed by atoms with Crippen molar-refractivity contribution in [2.24, 2.45) is 4.40 Å². The van der Waals surface area contributed by atoms with Gasteiger partial charge in [-0.15, -0.1) is 4.40 Å². The molecule has 0 aliphatic heterocycles. The van der Waals surface area contributed by atoms with Crippen molar-refractivity contribution >= 4 is 44.5 Å². The zero-order valence-electron chi connectivity index (χ0n) is 17.4. The summed E-state index contributed by atoms with van der Waals surface area (Å²) in [4.78, 5) is 19.4. The van der Waals surface area contributed by atoms with Crippen LogP contribution in [0.2, 0.25) is 0 Å². The number of thiazole rings is 1. The van der Waals surface area contributed by atoms with Gasteiger partial charge in [-0.2, -0.15) is 8.42 Å². The van der Waals surface area contributed by atoms with Gasteiger partial charge in [-0.25, -0.2) is 14.2 Å². The molecule has 3 rings (SSSR count). The van der Waals surface area contributed by atoms with Crippen LogP contribution in [0.4, 0.5) is 20.0 Å². The number of aromatic nitrogens is 1. The van der Waals surface area contributed by atoms with Crippen LogP contribution in [0.15, 0.2) is 64.0 Å². The molecule has 9 nitrogen and oxygen atoms in total. The molecule has 1 heterocycles. The predicted octanol–water partition coefficient (Wildman–Crippen LogP) is 4.02. The molecule has 1 N–H and O–H groups in total. The summed E-state index contributed by atoms with van der Waals surface area (Å²) < 4.78 is 47.1. The lowest BCUT2D eigenvalue weighted by Gasteiger charge is -2.17. The summed E-state index contributed by atoms with van der Waals surface area (Å²) in [7, 11) is 0.885. The van der Waals surface area contributed by atoms with Crippen molar-refractivity contribution in [2.75, 3.05) is 31.4 Å². The molecular weight excluding hydrogens is 457 g/mol. The number of nitrogens with one attached hydrogen (secondary N) is 1. The molecule has 168 valence electrons. The topological polar surface area (TPSA) is 104 Å². The molecular formula is C20H20FN5O4S2. The van der Waals surface area contributed by atoms with E-state index in [1.54, 1.807) is 26.2 Å². The van der Waals surface area contributed by atoms with Crippen LogP contribution in [0.1, 0.15) is 0 Å². The molecule has 0 saturated heterocycles. The van der Waals surface area contributed by atoms with E-state index < -0.39 is 21.9 Å². The molecule has 0 fully saturated rings. The molecule has 0 atom stereocenters. The first-order valence-corrected chi connectivity index (χ1v) is 11.4. The van der Waals surface area contributed by atoms with E-state index in [1.807, 2.05) is 0 Å². The second kappa shape index (κ2) is 9.75. The fraction of sp³-hybridized carbons (Fsp3) is 0.150. The first-order valence-electron chi connectivity index (χ1n) is 9.15. The van der Waals surface area contributed by atoms with Gasteiger partial charge < -0.3 is 9.64 Å². The Morgan fingerprint density at radius 2 is 1.94 bits per heavy atom. The lowest BCUT2D eigenvalue weighted by molar-refractivity contribution is 0.258. The minimum absolute atomic E-state index is 0.0484. The molecule has 32 heavy (non-hydrogen) atoms. The molecule has 0 unspecified atom stereocenters. The molecule has 12 heteroatoms. The maximum Gasteiger partial charge on any atom is 0.327 e. The number of anilines is 2. The number of halogens is 1. The molecule has 2 aromatic carbocycles. The van der Waals surface area contributed by atoms with Gasteiger partial charge in [-0.1, -0.05) is 23.5 Å². The Morgan fingerprint density at radius 1 is 1.19 bits per heavy atom. The van der Waals surface area contributed by atoms with Crippen molar-refractivity contribution in [2.45, 2.75) is 4.90 Å². The van der Waals surface area contributed by atoms with E-state index in [0.717, 1.165) is 11.3 Å². The zero-order chi connectivity index (χ0) is 23.3. The predicted molar refractivity (Wildman–Crippen MR) is 122 cm³/mol. The highest BCUT2D eigenvalue weighted by Gasteiger charge is 2.18. The van der Waals surface area contributed by atoms with E-state index in [9.17, 15) is 17.6 Å². The van der Waals surface area contributed by atoms with Crippen molar-refractivity contribution < 1.29 is 22.3 Å². The third-order valence-electron chi connectivity index (χ3n) is 3.94. The SMILES string of the molecule is CN(C)C=NS(=O)(=O)c1cccc(N(C)C(=O)Nc2ncc(Oc3cccc(F)c3)s2)c1. The minimum Gasteiger partial charge on any atom is -0.445 e. The molecule has 0 saturated carbocycles. The third kappa shape index (κ3) is 6.02. The highest BCUT2D eigenvalue weighted by atomic mass is 32.2. The van der Waals surface area contributed by atoms with Crippen LogP contribution in [0, 0.1) is 5.82 Å². The molecule has 2 amide bonds. The standard InChI is InChI=1S/C20H20FN5O4S2/c1-25(2)13-23-32(28,29)17-9-5-7-15(11-17)26(3)20(27)24-19-22-12-18(31-19)30-16-8-4-6-14(21)10-16/h4-13H,1-3H3,(H,22,24,27). The number of carbonyl (C=O) groups excluding carboxylic acids is 1. The summed E-state index contributed by atoms with van der Waals surface area (Å²) in [5, 5.41) is 3.23. The summed E-state index contributed by atoms with van der Waals surface area (Å²) in [5.41, 5.74) is 0.344. The molecule has 0 spiro atoms. The van der Waals surface area contributed by atoms with Crippen LogP contribution in [-0.4, -0.2) is 51.8 Å². The van der Waals surface area contributed by atoms with E-state index in [2.05, 4.69) is 14.7 Å². The molecule has 0 aliphatic carbocycles. The Labute approximate surface area is 188 Å². The smallest absolute Gasteiger partial charge is 0.327 e. The number of sulfonamides is 1. The van der Waals surface area contributed by atoms with E-state index in [0.29, 0.717) is 16.5 Å². The van der Waals surface area contributed by atoms with Crippen molar-refractivity contribution in [1.29, 1.82) is 0 Å². The van der Waals surface area contributed by atoms with Crippen LogP contribution in [0.3, 0.4) is 0 Å². The summed E-state index contributed by atoms with van der Waals surface area (Å²) >= 11 is 1.06. The first-order chi connectivity index (χ1) is 15.1. The Kier molecular flexibility index (Phi) is 7.05.